The molecule has 1 rings (SSSR count). The summed E-state index contributed by atoms with van der Waals surface area (Å²) in [4.78, 5) is 0. The Morgan fingerprint density at radius 1 is 1.38 bits per heavy atom. The van der Waals surface area contributed by atoms with E-state index >= 15 is 0 Å². The van der Waals surface area contributed by atoms with Gasteiger partial charge in [0.25, 0.3) is 0 Å². The van der Waals surface area contributed by atoms with Crippen LogP contribution >= 0.6 is 39.9 Å². The Labute approximate surface area is 116 Å². The summed E-state index contributed by atoms with van der Waals surface area (Å²) in [5, 5.41) is 10.1. The van der Waals surface area contributed by atoms with E-state index in [4.69, 9.17) is 17.3 Å². The maximum absolute atomic E-state index is 9.82. The molecule has 0 bridgehead atoms. The maximum Gasteiger partial charge on any atom is 0.139 e. The third-order valence-electron chi connectivity index (χ3n) is 2.33. The number of nitrogens with two attached hydrogens (primary N) is 1. The van der Waals surface area contributed by atoms with Crippen molar-refractivity contribution in [2.45, 2.75) is 26.8 Å². The maximum atomic E-state index is 9.82. The van der Waals surface area contributed by atoms with Crippen molar-refractivity contribution >= 4 is 39.9 Å². The van der Waals surface area contributed by atoms with Gasteiger partial charge in [0.2, 0.25) is 0 Å². The minimum Gasteiger partial charge on any atom is -0.506 e. The van der Waals surface area contributed by atoms with E-state index in [1.165, 1.54) is 0 Å². The monoisotopic (exact) mass is 327 g/mol. The van der Waals surface area contributed by atoms with E-state index in [1.54, 1.807) is 12.1 Å². The average molecular weight is 329 g/mol. The van der Waals surface area contributed by atoms with Gasteiger partial charge in [-0.25, -0.2) is 0 Å². The number of hydrogen-bond acceptors (Lipinski definition) is 2. The number of phenolic OH excluding ortho intramolecular Hbond substituents is 1. The Kier molecular flexibility index (Phi) is 5.60. The van der Waals surface area contributed by atoms with Crippen LogP contribution in [0.2, 0.25) is 5.02 Å². The zero-order chi connectivity index (χ0) is 11.8. The molecule has 5 heteroatoms. The molecule has 92 valence electrons. The van der Waals surface area contributed by atoms with Crippen LogP contribution < -0.4 is 5.73 Å². The molecule has 16 heavy (non-hydrogen) atoms. The highest BCUT2D eigenvalue weighted by Crippen LogP contribution is 2.40. The van der Waals surface area contributed by atoms with Crippen molar-refractivity contribution in [1.82, 2.24) is 0 Å². The Morgan fingerprint density at radius 3 is 2.31 bits per heavy atom. The number of aromatic hydroxyl groups is 1. The largest absolute Gasteiger partial charge is 0.506 e. The molecule has 0 aliphatic heterocycles. The predicted octanol–water partition coefficient (Wildman–Crippen LogP) is 4.28. The summed E-state index contributed by atoms with van der Waals surface area (Å²) in [7, 11) is 0. The highest BCUT2D eigenvalue weighted by atomic mass is 79.9. The molecular formula is C11H16BrCl2NO. The average Bonchev–Trinajstić information content (AvgIpc) is 2.08. The summed E-state index contributed by atoms with van der Waals surface area (Å²) in [6, 6.07) is 3.19. The summed E-state index contributed by atoms with van der Waals surface area (Å²) < 4.78 is 0.819. The second-order valence-corrected chi connectivity index (χ2v) is 5.99. The van der Waals surface area contributed by atoms with E-state index < -0.39 is 0 Å². The number of halogens is 3. The van der Waals surface area contributed by atoms with Gasteiger partial charge in [0.15, 0.2) is 0 Å². The van der Waals surface area contributed by atoms with Crippen molar-refractivity contribution in [3.8, 4) is 5.75 Å². The first-order valence-electron chi connectivity index (χ1n) is 4.67. The molecule has 0 spiro atoms. The lowest BCUT2D eigenvalue weighted by molar-refractivity contribution is 0.317. The molecule has 0 unspecified atom stereocenters. The molecule has 1 aromatic rings. The quantitative estimate of drug-likeness (QED) is 0.808. The van der Waals surface area contributed by atoms with Crippen molar-refractivity contribution in [3.05, 3.63) is 27.2 Å². The molecule has 0 fully saturated rings. The van der Waals surface area contributed by atoms with Gasteiger partial charge in [-0.2, -0.15) is 0 Å². The third kappa shape index (κ3) is 3.52. The SMILES string of the molecule is CC(C)(C)[C@H](N)c1cc(Br)cc(Cl)c1O.Cl. The first-order valence-corrected chi connectivity index (χ1v) is 5.84. The standard InChI is InChI=1S/C11H15BrClNO.ClH/c1-11(2,3)10(14)7-4-6(12)5-8(13)9(7)15;/h4-5,10,15H,14H2,1-3H3;1H/t10-;/m1./s1. The van der Waals surface area contributed by atoms with Crippen molar-refractivity contribution in [2.24, 2.45) is 11.1 Å². The topological polar surface area (TPSA) is 46.2 Å². The van der Waals surface area contributed by atoms with Crippen LogP contribution in [0.1, 0.15) is 32.4 Å². The number of phenols is 1. The molecular weight excluding hydrogens is 313 g/mol. The molecule has 0 aliphatic carbocycles. The van der Waals surface area contributed by atoms with Crippen molar-refractivity contribution < 1.29 is 5.11 Å². The zero-order valence-corrected chi connectivity index (χ0v) is 12.6. The van der Waals surface area contributed by atoms with Crippen LogP contribution in [0.5, 0.6) is 5.75 Å². The van der Waals surface area contributed by atoms with Crippen LogP contribution in [0.4, 0.5) is 0 Å². The summed E-state index contributed by atoms with van der Waals surface area (Å²) in [6.45, 7) is 6.06. The van der Waals surface area contributed by atoms with Gasteiger partial charge >= 0.3 is 0 Å². The Hall–Kier alpha value is 0.0400. The van der Waals surface area contributed by atoms with E-state index in [1.807, 2.05) is 20.8 Å². The van der Waals surface area contributed by atoms with Gasteiger partial charge in [-0.3, -0.25) is 0 Å². The molecule has 0 saturated carbocycles. The third-order valence-corrected chi connectivity index (χ3v) is 3.07. The van der Waals surface area contributed by atoms with Crippen LogP contribution in [0, 0.1) is 5.41 Å². The Morgan fingerprint density at radius 2 is 1.88 bits per heavy atom. The lowest BCUT2D eigenvalue weighted by Gasteiger charge is -2.28. The van der Waals surface area contributed by atoms with Crippen LogP contribution in [0.15, 0.2) is 16.6 Å². The predicted molar refractivity (Wildman–Crippen MR) is 74.4 cm³/mol. The highest BCUT2D eigenvalue weighted by Gasteiger charge is 2.25. The number of rotatable bonds is 1. The minimum atomic E-state index is -0.257. The molecule has 0 heterocycles. The second-order valence-electron chi connectivity index (χ2n) is 4.67. The summed E-state index contributed by atoms with van der Waals surface area (Å²) in [5.41, 5.74) is 6.62. The van der Waals surface area contributed by atoms with Gasteiger partial charge < -0.3 is 10.8 Å². The van der Waals surface area contributed by atoms with Crippen molar-refractivity contribution in [2.75, 3.05) is 0 Å². The first kappa shape index (κ1) is 16.0. The fourth-order valence-electron chi connectivity index (χ4n) is 1.29. The van der Waals surface area contributed by atoms with E-state index in [2.05, 4.69) is 15.9 Å². The molecule has 1 aromatic carbocycles. The van der Waals surface area contributed by atoms with Crippen LogP contribution in [0.3, 0.4) is 0 Å². The van der Waals surface area contributed by atoms with Gasteiger partial charge in [-0.1, -0.05) is 48.3 Å². The molecule has 1 atom stereocenters. The van der Waals surface area contributed by atoms with E-state index in [9.17, 15) is 5.11 Å². The van der Waals surface area contributed by atoms with E-state index in [0.29, 0.717) is 10.6 Å². The highest BCUT2D eigenvalue weighted by molar-refractivity contribution is 9.10. The molecule has 0 aliphatic rings. The van der Waals surface area contributed by atoms with Gasteiger partial charge in [-0.05, 0) is 17.5 Å². The fraction of sp³-hybridized carbons (Fsp3) is 0.455. The van der Waals surface area contributed by atoms with Gasteiger partial charge in [0, 0.05) is 16.1 Å². The van der Waals surface area contributed by atoms with Crippen molar-refractivity contribution in [3.63, 3.8) is 0 Å². The Balaban J connectivity index is 0.00000225. The molecule has 0 radical (unpaired) electrons. The van der Waals surface area contributed by atoms with Crippen LogP contribution in [-0.4, -0.2) is 5.11 Å². The van der Waals surface area contributed by atoms with Gasteiger partial charge in [-0.15, -0.1) is 12.4 Å². The molecule has 0 saturated heterocycles. The lowest BCUT2D eigenvalue weighted by Crippen LogP contribution is -2.26. The summed E-state index contributed by atoms with van der Waals surface area (Å²) >= 11 is 9.21. The minimum absolute atomic E-state index is 0. The van der Waals surface area contributed by atoms with Gasteiger partial charge in [0.05, 0.1) is 5.02 Å². The fourth-order valence-corrected chi connectivity index (χ4v) is 2.12. The normalized spacial score (nSPS) is 13.1. The zero-order valence-electron chi connectivity index (χ0n) is 9.42. The van der Waals surface area contributed by atoms with Crippen LogP contribution in [-0.2, 0) is 0 Å². The second kappa shape index (κ2) is 5.58. The summed E-state index contributed by atoms with van der Waals surface area (Å²) in [5.74, 6) is 0.0716. The van der Waals surface area contributed by atoms with Gasteiger partial charge in [0.1, 0.15) is 5.75 Å². The first-order chi connectivity index (χ1) is 6.73. The molecule has 0 aromatic heterocycles. The number of benzene rings is 1. The van der Waals surface area contributed by atoms with Crippen LogP contribution in [0.25, 0.3) is 0 Å². The van der Waals surface area contributed by atoms with E-state index in [0.717, 1.165) is 4.47 Å². The van der Waals surface area contributed by atoms with E-state index in [-0.39, 0.29) is 29.6 Å². The Bertz CT molecular complexity index is 377. The lowest BCUT2D eigenvalue weighted by atomic mass is 9.83. The molecule has 3 N–H and O–H groups in total. The number of hydrogen-bond donors (Lipinski definition) is 2. The van der Waals surface area contributed by atoms with Crippen molar-refractivity contribution in [1.29, 1.82) is 0 Å². The molecule has 0 amide bonds. The smallest absolute Gasteiger partial charge is 0.139 e. The molecule has 2 nitrogen and oxygen atoms in total. The summed E-state index contributed by atoms with van der Waals surface area (Å²) in [6.07, 6.45) is 0.